The van der Waals surface area contributed by atoms with E-state index in [-0.39, 0.29) is 4.99 Å². The molecule has 0 unspecified atom stereocenters. The molecule has 0 aromatic heterocycles. The molecule has 104 valence electrons. The average Bonchev–Trinajstić information content (AvgIpc) is 2.39. The fraction of sp³-hybridized carbons (Fsp3) is 0.188. The van der Waals surface area contributed by atoms with Crippen LogP contribution < -0.4 is 10.5 Å². The normalized spacial score (nSPS) is 10.6. The number of thiocarbonyl (C=S) groups is 1. The molecule has 0 saturated carbocycles. The van der Waals surface area contributed by atoms with Gasteiger partial charge in [0.25, 0.3) is 0 Å². The maximum Gasteiger partial charge on any atom is 0.128 e. The van der Waals surface area contributed by atoms with Crippen molar-refractivity contribution in [1.29, 1.82) is 0 Å². The standard InChI is InChI=1S/C16H16ClNOS/c1-10(2)11-3-5-12(6-4-11)19-13-7-8-14(16(18)20)15(17)9-13/h3-10H,1-2H3,(H2,18,20). The Hall–Kier alpha value is -1.58. The van der Waals surface area contributed by atoms with Gasteiger partial charge < -0.3 is 10.5 Å². The molecule has 0 bridgehead atoms. The zero-order valence-corrected chi connectivity index (χ0v) is 13.0. The van der Waals surface area contributed by atoms with Crippen LogP contribution in [0.2, 0.25) is 5.02 Å². The van der Waals surface area contributed by atoms with Gasteiger partial charge in [-0.25, -0.2) is 0 Å². The Balaban J connectivity index is 2.17. The smallest absolute Gasteiger partial charge is 0.128 e. The highest BCUT2D eigenvalue weighted by Crippen LogP contribution is 2.27. The molecule has 4 heteroatoms. The van der Waals surface area contributed by atoms with Crippen LogP contribution in [0.5, 0.6) is 11.5 Å². The van der Waals surface area contributed by atoms with E-state index in [1.807, 2.05) is 12.1 Å². The van der Waals surface area contributed by atoms with Crippen LogP contribution in [0.4, 0.5) is 0 Å². The Kier molecular flexibility index (Phi) is 4.63. The van der Waals surface area contributed by atoms with Gasteiger partial charge in [0.15, 0.2) is 0 Å². The number of nitrogens with two attached hydrogens (primary N) is 1. The molecule has 2 aromatic rings. The van der Waals surface area contributed by atoms with Gasteiger partial charge >= 0.3 is 0 Å². The molecule has 2 nitrogen and oxygen atoms in total. The minimum Gasteiger partial charge on any atom is -0.457 e. The van der Waals surface area contributed by atoms with Gasteiger partial charge in [0.1, 0.15) is 16.5 Å². The Bertz CT molecular complexity index is 623. The topological polar surface area (TPSA) is 35.2 Å². The third-order valence-corrected chi connectivity index (χ3v) is 3.52. The summed E-state index contributed by atoms with van der Waals surface area (Å²) in [5, 5.41) is 0.494. The number of hydrogen-bond donors (Lipinski definition) is 1. The van der Waals surface area contributed by atoms with E-state index in [9.17, 15) is 0 Å². The van der Waals surface area contributed by atoms with Crippen LogP contribution in [-0.2, 0) is 0 Å². The lowest BCUT2D eigenvalue weighted by Gasteiger charge is -2.10. The van der Waals surface area contributed by atoms with Gasteiger partial charge in [0, 0.05) is 11.6 Å². The van der Waals surface area contributed by atoms with Crippen molar-refractivity contribution >= 4 is 28.8 Å². The van der Waals surface area contributed by atoms with E-state index in [1.54, 1.807) is 18.2 Å². The SMILES string of the molecule is CC(C)c1ccc(Oc2ccc(C(N)=S)c(Cl)c2)cc1. The summed E-state index contributed by atoms with van der Waals surface area (Å²) < 4.78 is 5.76. The molecular weight excluding hydrogens is 290 g/mol. The summed E-state index contributed by atoms with van der Waals surface area (Å²) in [7, 11) is 0. The average molecular weight is 306 g/mol. The highest BCUT2D eigenvalue weighted by molar-refractivity contribution is 7.80. The summed E-state index contributed by atoms with van der Waals surface area (Å²) >= 11 is 11.0. The summed E-state index contributed by atoms with van der Waals surface area (Å²) in [5.41, 5.74) is 7.50. The van der Waals surface area contributed by atoms with Crippen LogP contribution in [0.1, 0.15) is 30.9 Å². The molecule has 0 spiro atoms. The summed E-state index contributed by atoms with van der Waals surface area (Å²) in [5.74, 6) is 1.93. The Morgan fingerprint density at radius 1 is 1.10 bits per heavy atom. The molecule has 2 aromatic carbocycles. The third-order valence-electron chi connectivity index (χ3n) is 2.99. The molecule has 0 heterocycles. The van der Waals surface area contributed by atoms with Gasteiger partial charge in [-0.15, -0.1) is 0 Å². The number of halogens is 1. The van der Waals surface area contributed by atoms with E-state index >= 15 is 0 Å². The van der Waals surface area contributed by atoms with Crippen molar-refractivity contribution in [2.75, 3.05) is 0 Å². The van der Waals surface area contributed by atoms with Crippen molar-refractivity contribution < 1.29 is 4.74 Å². The summed E-state index contributed by atoms with van der Waals surface area (Å²) in [4.78, 5) is 0.280. The van der Waals surface area contributed by atoms with Gasteiger partial charge in [0.05, 0.1) is 5.02 Å². The van der Waals surface area contributed by atoms with E-state index in [1.165, 1.54) is 5.56 Å². The van der Waals surface area contributed by atoms with E-state index in [0.29, 0.717) is 22.3 Å². The molecule has 2 N–H and O–H groups in total. The molecule has 0 radical (unpaired) electrons. The Morgan fingerprint density at radius 3 is 2.20 bits per heavy atom. The first-order valence-electron chi connectivity index (χ1n) is 6.34. The second kappa shape index (κ2) is 6.25. The van der Waals surface area contributed by atoms with Crippen LogP contribution in [0, 0.1) is 0 Å². The summed E-state index contributed by atoms with van der Waals surface area (Å²) in [6.07, 6.45) is 0. The minimum atomic E-state index is 0.280. The number of rotatable bonds is 4. The molecular formula is C16H16ClNOS. The molecule has 0 aliphatic heterocycles. The second-order valence-electron chi connectivity index (χ2n) is 4.83. The van der Waals surface area contributed by atoms with Crippen molar-refractivity contribution in [3.63, 3.8) is 0 Å². The molecule has 0 fully saturated rings. The summed E-state index contributed by atoms with van der Waals surface area (Å²) in [6, 6.07) is 13.3. The zero-order valence-electron chi connectivity index (χ0n) is 11.4. The quantitative estimate of drug-likeness (QED) is 0.817. The first kappa shape index (κ1) is 14.8. The number of benzene rings is 2. The highest BCUT2D eigenvalue weighted by atomic mass is 35.5. The molecule has 0 aliphatic rings. The van der Waals surface area contributed by atoms with E-state index in [4.69, 9.17) is 34.3 Å². The molecule has 2 rings (SSSR count). The van der Waals surface area contributed by atoms with Gasteiger partial charge in [-0.05, 0) is 35.7 Å². The van der Waals surface area contributed by atoms with E-state index in [2.05, 4.69) is 26.0 Å². The van der Waals surface area contributed by atoms with Gasteiger partial charge in [0.2, 0.25) is 0 Å². The lowest BCUT2D eigenvalue weighted by molar-refractivity contribution is 0.482. The van der Waals surface area contributed by atoms with Crippen molar-refractivity contribution in [2.45, 2.75) is 19.8 Å². The third kappa shape index (κ3) is 3.50. The Labute approximate surface area is 129 Å². The lowest BCUT2D eigenvalue weighted by Crippen LogP contribution is -2.09. The van der Waals surface area contributed by atoms with Gasteiger partial charge in [-0.1, -0.05) is 49.8 Å². The largest absolute Gasteiger partial charge is 0.457 e. The first-order valence-corrected chi connectivity index (χ1v) is 7.13. The molecule has 20 heavy (non-hydrogen) atoms. The van der Waals surface area contributed by atoms with Crippen molar-refractivity contribution in [3.8, 4) is 11.5 Å². The molecule has 0 saturated heterocycles. The fourth-order valence-corrected chi connectivity index (χ4v) is 2.32. The van der Waals surface area contributed by atoms with Crippen LogP contribution in [0.25, 0.3) is 0 Å². The Morgan fingerprint density at radius 2 is 1.70 bits per heavy atom. The second-order valence-corrected chi connectivity index (χ2v) is 5.68. The monoisotopic (exact) mass is 305 g/mol. The number of hydrogen-bond acceptors (Lipinski definition) is 2. The predicted molar refractivity (Wildman–Crippen MR) is 87.9 cm³/mol. The van der Waals surface area contributed by atoms with Crippen molar-refractivity contribution in [2.24, 2.45) is 5.73 Å². The van der Waals surface area contributed by atoms with E-state index < -0.39 is 0 Å². The van der Waals surface area contributed by atoms with Gasteiger partial charge in [-0.3, -0.25) is 0 Å². The van der Waals surface area contributed by atoms with Crippen LogP contribution in [0.15, 0.2) is 42.5 Å². The van der Waals surface area contributed by atoms with Crippen molar-refractivity contribution in [3.05, 3.63) is 58.6 Å². The van der Waals surface area contributed by atoms with Crippen molar-refractivity contribution in [1.82, 2.24) is 0 Å². The molecule has 0 atom stereocenters. The van der Waals surface area contributed by atoms with Crippen LogP contribution in [0.3, 0.4) is 0 Å². The summed E-state index contributed by atoms with van der Waals surface area (Å²) in [6.45, 7) is 4.31. The molecule has 0 amide bonds. The van der Waals surface area contributed by atoms with Crippen LogP contribution in [-0.4, -0.2) is 4.99 Å². The van der Waals surface area contributed by atoms with E-state index in [0.717, 1.165) is 5.75 Å². The first-order chi connectivity index (χ1) is 9.47. The molecule has 0 aliphatic carbocycles. The predicted octanol–water partition coefficient (Wildman–Crippen LogP) is 4.89. The number of ether oxygens (including phenoxy) is 1. The minimum absolute atomic E-state index is 0.280. The highest BCUT2D eigenvalue weighted by Gasteiger charge is 2.06. The maximum atomic E-state index is 6.11. The maximum absolute atomic E-state index is 6.11. The van der Waals surface area contributed by atoms with Crippen LogP contribution >= 0.6 is 23.8 Å². The van der Waals surface area contributed by atoms with Gasteiger partial charge in [-0.2, -0.15) is 0 Å². The fourth-order valence-electron chi connectivity index (χ4n) is 1.82. The zero-order chi connectivity index (χ0) is 14.7. The lowest BCUT2D eigenvalue weighted by atomic mass is 10.0.